The topological polar surface area (TPSA) is 52.0 Å². The van der Waals surface area contributed by atoms with Crippen molar-refractivity contribution < 1.29 is 4.42 Å². The molecule has 2 aromatic heterocycles. The third-order valence-electron chi connectivity index (χ3n) is 1.73. The summed E-state index contributed by atoms with van der Waals surface area (Å²) in [5.41, 5.74) is 5.41. The molecular weight excluding hydrogens is 264 g/mol. The molecule has 3 nitrogen and oxygen atoms in total. The van der Waals surface area contributed by atoms with Gasteiger partial charge < -0.3 is 10.2 Å². The fraction of sp³-hybridized carbons (Fsp3) is 0.222. The van der Waals surface area contributed by atoms with Crippen molar-refractivity contribution in [3.8, 4) is 10.6 Å². The highest BCUT2D eigenvalue weighted by Gasteiger charge is 2.07. The Morgan fingerprint density at radius 1 is 1.50 bits per heavy atom. The zero-order valence-corrected chi connectivity index (χ0v) is 9.77. The number of rotatable bonds is 3. The van der Waals surface area contributed by atoms with Crippen LogP contribution >= 0.6 is 27.3 Å². The van der Waals surface area contributed by atoms with Crippen LogP contribution in [0.15, 0.2) is 26.5 Å². The number of hydrogen-bond acceptors (Lipinski definition) is 4. The maximum atomic E-state index is 5.52. The van der Waals surface area contributed by atoms with Crippen LogP contribution in [0.2, 0.25) is 0 Å². The molecule has 2 heterocycles. The summed E-state index contributed by atoms with van der Waals surface area (Å²) < 4.78 is 6.61. The lowest BCUT2D eigenvalue weighted by Gasteiger charge is -1.89. The molecule has 2 aromatic rings. The molecule has 0 saturated carbocycles. The maximum Gasteiger partial charge on any atom is 0.196 e. The predicted molar refractivity (Wildman–Crippen MR) is 60.3 cm³/mol. The molecule has 0 unspecified atom stereocenters. The lowest BCUT2D eigenvalue weighted by Crippen LogP contribution is -2.02. The molecule has 0 aliphatic carbocycles. The van der Waals surface area contributed by atoms with Crippen LogP contribution in [0.25, 0.3) is 10.6 Å². The van der Waals surface area contributed by atoms with Crippen molar-refractivity contribution in [1.29, 1.82) is 0 Å². The van der Waals surface area contributed by atoms with E-state index in [1.54, 1.807) is 17.5 Å². The number of nitrogens with two attached hydrogens (primary N) is 1. The highest BCUT2D eigenvalue weighted by Crippen LogP contribution is 2.31. The van der Waals surface area contributed by atoms with Gasteiger partial charge in [0.25, 0.3) is 0 Å². The Labute approximate surface area is 94.1 Å². The van der Waals surface area contributed by atoms with E-state index in [2.05, 4.69) is 20.9 Å². The van der Waals surface area contributed by atoms with Crippen molar-refractivity contribution in [3.63, 3.8) is 0 Å². The zero-order chi connectivity index (χ0) is 9.97. The molecule has 14 heavy (non-hydrogen) atoms. The second-order valence-corrected chi connectivity index (χ2v) is 5.22. The molecule has 0 saturated heterocycles. The van der Waals surface area contributed by atoms with Crippen LogP contribution in [0, 0.1) is 0 Å². The number of aromatic nitrogens is 1. The Balaban J connectivity index is 2.24. The molecule has 5 heteroatoms. The summed E-state index contributed by atoms with van der Waals surface area (Å²) in [6.07, 6.45) is 2.43. The normalized spacial score (nSPS) is 10.7. The van der Waals surface area contributed by atoms with Crippen molar-refractivity contribution in [2.24, 2.45) is 5.73 Å². The molecule has 74 valence electrons. The number of thiophene rings is 1. The minimum atomic E-state index is 0.564. The van der Waals surface area contributed by atoms with E-state index in [9.17, 15) is 0 Å². The molecule has 0 atom stereocenters. The van der Waals surface area contributed by atoms with E-state index in [1.165, 1.54) is 0 Å². The monoisotopic (exact) mass is 272 g/mol. The van der Waals surface area contributed by atoms with Crippen molar-refractivity contribution in [2.45, 2.75) is 6.42 Å². The van der Waals surface area contributed by atoms with Crippen LogP contribution in [0.1, 0.15) is 5.89 Å². The third-order valence-corrected chi connectivity index (χ3v) is 3.37. The second-order valence-electron chi connectivity index (χ2n) is 2.76. The highest BCUT2D eigenvalue weighted by molar-refractivity contribution is 9.11. The Morgan fingerprint density at radius 2 is 2.36 bits per heavy atom. The third kappa shape index (κ3) is 2.05. The van der Waals surface area contributed by atoms with Crippen LogP contribution < -0.4 is 5.73 Å². The van der Waals surface area contributed by atoms with Crippen LogP contribution in [0.5, 0.6) is 0 Å². The van der Waals surface area contributed by atoms with Gasteiger partial charge in [0.05, 0.1) is 14.9 Å². The minimum Gasteiger partial charge on any atom is -0.440 e. The van der Waals surface area contributed by atoms with Gasteiger partial charge in [-0.05, 0) is 28.1 Å². The van der Waals surface area contributed by atoms with Crippen LogP contribution in [0.4, 0.5) is 0 Å². The Kier molecular flexibility index (Phi) is 3.00. The maximum absolute atomic E-state index is 5.52. The van der Waals surface area contributed by atoms with Crippen molar-refractivity contribution in [3.05, 3.63) is 28.0 Å². The summed E-state index contributed by atoms with van der Waals surface area (Å²) in [6, 6.07) is 3.99. The molecule has 0 aliphatic heterocycles. The van der Waals surface area contributed by atoms with E-state index >= 15 is 0 Å². The van der Waals surface area contributed by atoms with Crippen molar-refractivity contribution in [1.82, 2.24) is 4.98 Å². The van der Waals surface area contributed by atoms with E-state index in [-0.39, 0.29) is 0 Å². The fourth-order valence-electron chi connectivity index (χ4n) is 1.11. The van der Waals surface area contributed by atoms with Gasteiger partial charge >= 0.3 is 0 Å². The minimum absolute atomic E-state index is 0.564. The highest BCUT2D eigenvalue weighted by atomic mass is 79.9. The summed E-state index contributed by atoms with van der Waals surface area (Å²) in [4.78, 5) is 5.21. The standard InChI is InChI=1S/C9H9BrN2OS/c10-8-2-1-7(14-8)6-5-12-9(13-6)3-4-11/h1-2,5H,3-4,11H2. The van der Waals surface area contributed by atoms with Gasteiger partial charge in [0.1, 0.15) is 0 Å². The number of oxazole rings is 1. The lowest BCUT2D eigenvalue weighted by atomic mass is 10.4. The molecule has 0 aliphatic rings. The molecule has 0 aromatic carbocycles. The molecular formula is C9H9BrN2OS. The van der Waals surface area contributed by atoms with Gasteiger partial charge in [0.15, 0.2) is 11.7 Å². The molecule has 0 spiro atoms. The van der Waals surface area contributed by atoms with Gasteiger partial charge in [-0.2, -0.15) is 0 Å². The van der Waals surface area contributed by atoms with Crippen LogP contribution in [-0.4, -0.2) is 11.5 Å². The Morgan fingerprint density at radius 3 is 3.00 bits per heavy atom. The number of halogens is 1. The van der Waals surface area contributed by atoms with Crippen molar-refractivity contribution in [2.75, 3.05) is 6.54 Å². The first-order valence-corrected chi connectivity index (χ1v) is 5.81. The number of hydrogen-bond donors (Lipinski definition) is 1. The summed E-state index contributed by atoms with van der Waals surface area (Å²) in [5.74, 6) is 1.51. The second kappa shape index (κ2) is 4.25. The van der Waals surface area contributed by atoms with Crippen molar-refractivity contribution >= 4 is 27.3 Å². The van der Waals surface area contributed by atoms with E-state index in [4.69, 9.17) is 10.2 Å². The summed E-state index contributed by atoms with van der Waals surface area (Å²) >= 11 is 5.03. The molecule has 2 rings (SSSR count). The van der Waals surface area contributed by atoms with Gasteiger partial charge in [0.2, 0.25) is 0 Å². The first-order valence-electron chi connectivity index (χ1n) is 4.20. The SMILES string of the molecule is NCCc1ncc(-c2ccc(Br)s2)o1. The molecule has 0 fully saturated rings. The molecule has 0 bridgehead atoms. The van der Waals surface area contributed by atoms with Crippen LogP contribution in [0.3, 0.4) is 0 Å². The van der Waals surface area contributed by atoms with Crippen LogP contribution in [-0.2, 0) is 6.42 Å². The predicted octanol–water partition coefficient (Wildman–Crippen LogP) is 2.67. The average molecular weight is 273 g/mol. The molecule has 2 N–H and O–H groups in total. The summed E-state index contributed by atoms with van der Waals surface area (Å²) in [6.45, 7) is 0.564. The Bertz CT molecular complexity index is 424. The van der Waals surface area contributed by atoms with E-state index in [0.717, 1.165) is 14.4 Å². The summed E-state index contributed by atoms with van der Waals surface area (Å²) in [5, 5.41) is 0. The first kappa shape index (κ1) is 9.89. The molecule has 0 radical (unpaired) electrons. The fourth-order valence-corrected chi connectivity index (χ4v) is 2.44. The number of nitrogens with zero attached hydrogens (tertiary/aromatic N) is 1. The quantitative estimate of drug-likeness (QED) is 0.935. The van der Waals surface area contributed by atoms with Gasteiger partial charge in [-0.25, -0.2) is 4.98 Å². The largest absolute Gasteiger partial charge is 0.440 e. The lowest BCUT2D eigenvalue weighted by molar-refractivity contribution is 0.509. The van der Waals surface area contributed by atoms with Gasteiger partial charge in [-0.15, -0.1) is 11.3 Å². The smallest absolute Gasteiger partial charge is 0.196 e. The van der Waals surface area contributed by atoms with Gasteiger partial charge in [-0.3, -0.25) is 0 Å². The average Bonchev–Trinajstić information content (AvgIpc) is 2.74. The molecule has 0 amide bonds. The van der Waals surface area contributed by atoms with E-state index < -0.39 is 0 Å². The van der Waals surface area contributed by atoms with E-state index in [0.29, 0.717) is 18.9 Å². The van der Waals surface area contributed by atoms with Gasteiger partial charge in [-0.1, -0.05) is 0 Å². The summed E-state index contributed by atoms with van der Waals surface area (Å²) in [7, 11) is 0. The van der Waals surface area contributed by atoms with E-state index in [1.807, 2.05) is 12.1 Å². The zero-order valence-electron chi connectivity index (χ0n) is 7.37. The van der Waals surface area contributed by atoms with Gasteiger partial charge in [0, 0.05) is 13.0 Å². The Hall–Kier alpha value is -0.650. The first-order chi connectivity index (χ1) is 6.79.